The van der Waals surface area contributed by atoms with Crippen molar-refractivity contribution in [3.8, 4) is 6.07 Å². The van der Waals surface area contributed by atoms with Crippen LogP contribution in [0.4, 0.5) is 0 Å². The molecule has 1 N–H and O–H groups in total. The molecule has 0 aromatic rings. The summed E-state index contributed by atoms with van der Waals surface area (Å²) in [7, 11) is 0. The summed E-state index contributed by atoms with van der Waals surface area (Å²) >= 11 is 0. The van der Waals surface area contributed by atoms with Gasteiger partial charge in [-0.3, -0.25) is 9.59 Å². The van der Waals surface area contributed by atoms with Crippen molar-refractivity contribution in [2.45, 2.75) is 38.6 Å². The Hall–Kier alpha value is -1.61. The van der Waals surface area contributed by atoms with Gasteiger partial charge in [0.25, 0.3) is 0 Å². The van der Waals surface area contributed by atoms with Crippen LogP contribution in [-0.2, 0) is 14.3 Å². The molecule has 2 aliphatic rings. The Morgan fingerprint density at radius 3 is 2.40 bits per heavy atom. The van der Waals surface area contributed by atoms with Crippen molar-refractivity contribution >= 4 is 11.8 Å². The van der Waals surface area contributed by atoms with E-state index in [2.05, 4.69) is 11.4 Å². The highest BCUT2D eigenvalue weighted by atomic mass is 16.5. The highest BCUT2D eigenvalue weighted by molar-refractivity contribution is 5.85. The number of rotatable bonds is 2. The molecule has 20 heavy (non-hydrogen) atoms. The van der Waals surface area contributed by atoms with Gasteiger partial charge in [-0.2, -0.15) is 5.26 Å². The van der Waals surface area contributed by atoms with E-state index in [9.17, 15) is 14.9 Å². The van der Waals surface area contributed by atoms with E-state index in [4.69, 9.17) is 4.74 Å². The lowest BCUT2D eigenvalue weighted by atomic mass is 9.80. The monoisotopic (exact) mass is 279 g/mol. The Morgan fingerprint density at radius 2 is 1.90 bits per heavy atom. The highest BCUT2D eigenvalue weighted by Gasteiger charge is 2.43. The number of likely N-dealkylation sites (tertiary alicyclic amines) is 1. The average molecular weight is 279 g/mol. The average Bonchev–Trinajstić information content (AvgIpc) is 2.47. The van der Waals surface area contributed by atoms with Crippen molar-refractivity contribution < 1.29 is 14.3 Å². The van der Waals surface area contributed by atoms with Crippen LogP contribution in [0.5, 0.6) is 0 Å². The van der Waals surface area contributed by atoms with Gasteiger partial charge < -0.3 is 15.0 Å². The van der Waals surface area contributed by atoms with E-state index >= 15 is 0 Å². The maximum Gasteiger partial charge on any atom is 0.243 e. The summed E-state index contributed by atoms with van der Waals surface area (Å²) in [5, 5.41) is 12.3. The number of nitrogens with one attached hydrogen (secondary N) is 1. The molecule has 0 radical (unpaired) electrons. The highest BCUT2D eigenvalue weighted by Crippen LogP contribution is 2.32. The molecule has 6 heteroatoms. The fraction of sp³-hybridized carbons (Fsp3) is 0.786. The zero-order chi connectivity index (χ0) is 14.6. The van der Waals surface area contributed by atoms with Crippen molar-refractivity contribution in [3.63, 3.8) is 0 Å². The molecule has 0 aliphatic carbocycles. The third-order valence-electron chi connectivity index (χ3n) is 4.16. The van der Waals surface area contributed by atoms with Crippen molar-refractivity contribution in [1.29, 1.82) is 5.26 Å². The Morgan fingerprint density at radius 1 is 1.30 bits per heavy atom. The van der Waals surface area contributed by atoms with E-state index in [1.54, 1.807) is 4.90 Å². The minimum Gasteiger partial charge on any atom is -0.381 e. The van der Waals surface area contributed by atoms with Crippen LogP contribution in [0.3, 0.4) is 0 Å². The third-order valence-corrected chi connectivity index (χ3v) is 4.16. The number of hydrogen-bond acceptors (Lipinski definition) is 4. The molecule has 0 bridgehead atoms. The predicted octanol–water partition coefficient (Wildman–Crippen LogP) is 0.434. The Balaban J connectivity index is 1.94. The fourth-order valence-electron chi connectivity index (χ4n) is 2.91. The van der Waals surface area contributed by atoms with Gasteiger partial charge in [-0.1, -0.05) is 0 Å². The largest absolute Gasteiger partial charge is 0.381 e. The smallest absolute Gasteiger partial charge is 0.243 e. The number of piperidine rings is 1. The number of ether oxygens (including phenoxy) is 1. The number of carbonyl (C=O) groups excluding carboxylic acids is 2. The van der Waals surface area contributed by atoms with Crippen LogP contribution in [0, 0.1) is 16.7 Å². The van der Waals surface area contributed by atoms with Gasteiger partial charge in [-0.25, -0.2) is 0 Å². The summed E-state index contributed by atoms with van der Waals surface area (Å²) in [6.07, 6.45) is 2.47. The maximum absolute atomic E-state index is 12.6. The van der Waals surface area contributed by atoms with Gasteiger partial charge in [0.1, 0.15) is 5.41 Å². The zero-order valence-electron chi connectivity index (χ0n) is 11.9. The lowest BCUT2D eigenvalue weighted by Crippen LogP contribution is -2.51. The summed E-state index contributed by atoms with van der Waals surface area (Å²) in [6.45, 7) is 3.66. The molecule has 2 rings (SSSR count). The number of nitrogens with zero attached hydrogens (tertiary/aromatic N) is 2. The van der Waals surface area contributed by atoms with Gasteiger partial charge in [0.2, 0.25) is 11.8 Å². The van der Waals surface area contributed by atoms with Crippen molar-refractivity contribution in [1.82, 2.24) is 10.2 Å². The zero-order valence-corrected chi connectivity index (χ0v) is 11.9. The molecule has 0 saturated carbocycles. The van der Waals surface area contributed by atoms with Crippen LogP contribution in [0.25, 0.3) is 0 Å². The van der Waals surface area contributed by atoms with Gasteiger partial charge in [0, 0.05) is 39.3 Å². The number of carbonyl (C=O) groups is 2. The van der Waals surface area contributed by atoms with Gasteiger partial charge in [0.15, 0.2) is 0 Å². The van der Waals surface area contributed by atoms with E-state index in [1.165, 1.54) is 6.92 Å². The van der Waals surface area contributed by atoms with Gasteiger partial charge >= 0.3 is 0 Å². The van der Waals surface area contributed by atoms with Crippen LogP contribution < -0.4 is 5.32 Å². The van der Waals surface area contributed by atoms with Crippen molar-refractivity contribution in [2.75, 3.05) is 26.3 Å². The molecule has 2 saturated heterocycles. The van der Waals surface area contributed by atoms with E-state index < -0.39 is 5.41 Å². The lowest BCUT2D eigenvalue weighted by molar-refractivity contribution is -0.144. The van der Waals surface area contributed by atoms with E-state index in [-0.39, 0.29) is 17.9 Å². The summed E-state index contributed by atoms with van der Waals surface area (Å²) in [5.74, 6) is -0.0997. The summed E-state index contributed by atoms with van der Waals surface area (Å²) in [4.78, 5) is 25.4. The summed E-state index contributed by atoms with van der Waals surface area (Å²) in [5.41, 5.74) is -0.904. The molecular formula is C14H21N3O3. The van der Waals surface area contributed by atoms with Crippen LogP contribution in [0.15, 0.2) is 0 Å². The van der Waals surface area contributed by atoms with Gasteiger partial charge in [-0.05, 0) is 25.7 Å². The fourth-order valence-corrected chi connectivity index (χ4v) is 2.91. The van der Waals surface area contributed by atoms with E-state index in [1.807, 2.05) is 0 Å². The number of hydrogen-bond donors (Lipinski definition) is 1. The standard InChI is InChI=1S/C14H21N3O3/c1-11(18)16-12-2-6-17(7-3-12)13(19)14(10-15)4-8-20-9-5-14/h12H,2-9H2,1H3,(H,16,18). The third kappa shape index (κ3) is 3.10. The Labute approximate surface area is 119 Å². The molecule has 0 atom stereocenters. The van der Waals surface area contributed by atoms with Gasteiger partial charge in [0.05, 0.1) is 6.07 Å². The maximum atomic E-state index is 12.6. The molecule has 0 aromatic heterocycles. The van der Waals surface area contributed by atoms with E-state index in [0.717, 1.165) is 12.8 Å². The van der Waals surface area contributed by atoms with Crippen molar-refractivity contribution in [3.05, 3.63) is 0 Å². The predicted molar refractivity (Wildman–Crippen MR) is 71.5 cm³/mol. The molecular weight excluding hydrogens is 258 g/mol. The molecule has 0 aromatic carbocycles. The topological polar surface area (TPSA) is 82.4 Å². The molecule has 0 unspecified atom stereocenters. The number of nitriles is 1. The van der Waals surface area contributed by atoms with Crippen LogP contribution in [-0.4, -0.2) is 49.1 Å². The molecule has 2 aliphatic heterocycles. The van der Waals surface area contributed by atoms with Crippen LogP contribution in [0.2, 0.25) is 0 Å². The second-order valence-corrected chi connectivity index (χ2v) is 5.57. The Kier molecular flexibility index (Phi) is 4.61. The Bertz CT molecular complexity index is 416. The lowest BCUT2D eigenvalue weighted by Gasteiger charge is -2.38. The number of amides is 2. The first-order valence-corrected chi connectivity index (χ1v) is 7.13. The van der Waals surface area contributed by atoms with Gasteiger partial charge in [-0.15, -0.1) is 0 Å². The first-order chi connectivity index (χ1) is 9.57. The normalized spacial score (nSPS) is 22.9. The minimum atomic E-state index is -0.904. The SMILES string of the molecule is CC(=O)NC1CCN(C(=O)C2(C#N)CCOCC2)CC1. The molecule has 2 amide bonds. The molecule has 6 nitrogen and oxygen atoms in total. The first-order valence-electron chi connectivity index (χ1n) is 7.13. The second-order valence-electron chi connectivity index (χ2n) is 5.57. The van der Waals surface area contributed by atoms with Crippen LogP contribution in [0.1, 0.15) is 32.6 Å². The molecule has 0 spiro atoms. The van der Waals surface area contributed by atoms with Crippen LogP contribution >= 0.6 is 0 Å². The quantitative estimate of drug-likeness (QED) is 0.795. The molecule has 2 fully saturated rings. The summed E-state index contributed by atoms with van der Waals surface area (Å²) in [6, 6.07) is 2.36. The minimum absolute atomic E-state index is 0.0345. The van der Waals surface area contributed by atoms with E-state index in [0.29, 0.717) is 39.1 Å². The first kappa shape index (κ1) is 14.8. The molecule has 2 heterocycles. The molecule has 110 valence electrons. The van der Waals surface area contributed by atoms with Crippen molar-refractivity contribution in [2.24, 2.45) is 5.41 Å². The second kappa shape index (κ2) is 6.23. The summed E-state index contributed by atoms with van der Waals surface area (Å²) < 4.78 is 5.26.